The van der Waals surface area contributed by atoms with Crippen LogP contribution in [0.2, 0.25) is 0 Å². The average Bonchev–Trinajstić information content (AvgIpc) is 3.05. The van der Waals surface area contributed by atoms with Crippen LogP contribution in [0.1, 0.15) is 37.4 Å². The van der Waals surface area contributed by atoms with Crippen LogP contribution >= 0.6 is 0 Å². The monoisotopic (exact) mass is 328 g/mol. The molecule has 25 heavy (non-hydrogen) atoms. The third-order valence-corrected chi connectivity index (χ3v) is 5.16. The van der Waals surface area contributed by atoms with Gasteiger partial charge in [-0.3, -0.25) is 15.0 Å². The second-order valence-electron chi connectivity index (χ2n) is 6.72. The molecule has 0 saturated heterocycles. The molecule has 0 atom stereocenters. The normalized spacial score (nSPS) is 15.2. The molecule has 2 aliphatic rings. The Labute approximate surface area is 145 Å². The highest BCUT2D eigenvalue weighted by Gasteiger charge is 2.35. The van der Waals surface area contributed by atoms with Crippen LogP contribution in [-0.2, 0) is 12.8 Å². The first-order valence-electron chi connectivity index (χ1n) is 8.43. The smallest absolute Gasteiger partial charge is 0.280 e. The SMILES string of the molecule is Cc1ccc(NN2C(=O)c3ccc4c5c(ccc(c35)C2=O)CC4)cc1. The van der Waals surface area contributed by atoms with Crippen molar-refractivity contribution in [3.05, 3.63) is 76.3 Å². The number of rotatable bonds is 2. The van der Waals surface area contributed by atoms with Gasteiger partial charge < -0.3 is 0 Å². The van der Waals surface area contributed by atoms with E-state index in [1.165, 1.54) is 11.1 Å². The molecule has 5 rings (SSSR count). The van der Waals surface area contributed by atoms with Crippen molar-refractivity contribution >= 4 is 28.3 Å². The Bertz CT molecular complexity index is 1010. The van der Waals surface area contributed by atoms with Crippen molar-refractivity contribution in [1.82, 2.24) is 5.01 Å². The molecule has 0 radical (unpaired) electrons. The van der Waals surface area contributed by atoms with Gasteiger partial charge >= 0.3 is 0 Å². The standard InChI is InChI=1S/C21H16N2O2/c1-12-2-8-15(9-3-12)22-23-20(24)16-10-6-13-4-5-14-7-11-17(21(23)25)19(16)18(13)14/h2-3,6-11,22H,4-5H2,1H3. The summed E-state index contributed by atoms with van der Waals surface area (Å²) in [5.74, 6) is -0.595. The van der Waals surface area contributed by atoms with Gasteiger partial charge in [-0.2, -0.15) is 5.01 Å². The number of benzene rings is 3. The minimum Gasteiger partial charge on any atom is -0.288 e. The Morgan fingerprint density at radius 1 is 0.760 bits per heavy atom. The summed E-state index contributed by atoms with van der Waals surface area (Å²) in [6.07, 6.45) is 1.95. The van der Waals surface area contributed by atoms with E-state index in [9.17, 15) is 9.59 Å². The molecule has 0 fully saturated rings. The van der Waals surface area contributed by atoms with Gasteiger partial charge in [0.1, 0.15) is 0 Å². The Kier molecular flexibility index (Phi) is 2.80. The van der Waals surface area contributed by atoms with Crippen molar-refractivity contribution in [2.45, 2.75) is 19.8 Å². The molecular weight excluding hydrogens is 312 g/mol. The fourth-order valence-corrected chi connectivity index (χ4v) is 3.88. The Balaban J connectivity index is 1.65. The number of imide groups is 1. The minimum absolute atomic E-state index is 0.298. The highest BCUT2D eigenvalue weighted by Crippen LogP contribution is 2.38. The lowest BCUT2D eigenvalue weighted by Crippen LogP contribution is -2.44. The van der Waals surface area contributed by atoms with Crippen LogP contribution in [0.15, 0.2) is 48.5 Å². The van der Waals surface area contributed by atoms with Gasteiger partial charge in [0, 0.05) is 5.39 Å². The predicted octanol–water partition coefficient (Wildman–Crippen LogP) is 3.87. The molecule has 1 aliphatic heterocycles. The largest absolute Gasteiger partial charge is 0.288 e. The van der Waals surface area contributed by atoms with Gasteiger partial charge in [0.2, 0.25) is 0 Å². The Hall–Kier alpha value is -3.14. The summed E-state index contributed by atoms with van der Waals surface area (Å²) in [7, 11) is 0. The third kappa shape index (κ3) is 1.94. The number of nitrogens with zero attached hydrogens (tertiary/aromatic N) is 1. The molecule has 4 nitrogen and oxygen atoms in total. The molecule has 3 aromatic carbocycles. The summed E-state index contributed by atoms with van der Waals surface area (Å²) in [5, 5.41) is 3.05. The molecule has 0 spiro atoms. The van der Waals surface area contributed by atoms with Crippen LogP contribution < -0.4 is 5.43 Å². The van der Waals surface area contributed by atoms with Crippen LogP contribution in [0.3, 0.4) is 0 Å². The minimum atomic E-state index is -0.298. The molecule has 0 unspecified atom stereocenters. The first kappa shape index (κ1) is 14.2. The van der Waals surface area contributed by atoms with Gasteiger partial charge in [-0.25, -0.2) is 0 Å². The van der Waals surface area contributed by atoms with E-state index in [1.807, 2.05) is 55.5 Å². The summed E-state index contributed by atoms with van der Waals surface area (Å²) in [5.41, 5.74) is 8.46. The van der Waals surface area contributed by atoms with Gasteiger partial charge in [0.05, 0.1) is 16.8 Å². The predicted molar refractivity (Wildman–Crippen MR) is 96.7 cm³/mol. The number of nitrogens with one attached hydrogen (secondary N) is 1. The van der Waals surface area contributed by atoms with E-state index in [1.54, 1.807) is 0 Å². The van der Waals surface area contributed by atoms with Crippen molar-refractivity contribution in [1.29, 1.82) is 0 Å². The molecule has 3 aromatic rings. The summed E-state index contributed by atoms with van der Waals surface area (Å²) in [6.45, 7) is 1.99. The van der Waals surface area contributed by atoms with Crippen molar-refractivity contribution in [2.24, 2.45) is 0 Å². The molecule has 0 bridgehead atoms. The van der Waals surface area contributed by atoms with Crippen LogP contribution in [0.25, 0.3) is 10.8 Å². The lowest BCUT2D eigenvalue weighted by molar-refractivity contribution is 0.0649. The zero-order valence-corrected chi connectivity index (χ0v) is 13.8. The van der Waals surface area contributed by atoms with Crippen molar-refractivity contribution in [3.8, 4) is 0 Å². The lowest BCUT2D eigenvalue weighted by atomic mass is 9.92. The maximum Gasteiger partial charge on any atom is 0.280 e. The highest BCUT2D eigenvalue weighted by molar-refractivity contribution is 6.26. The van der Waals surface area contributed by atoms with E-state index < -0.39 is 0 Å². The van der Waals surface area contributed by atoms with E-state index in [2.05, 4.69) is 5.43 Å². The average molecular weight is 328 g/mol. The number of anilines is 1. The topological polar surface area (TPSA) is 49.4 Å². The number of carbonyl (C=O) groups is 2. The van der Waals surface area contributed by atoms with Crippen LogP contribution in [0.4, 0.5) is 5.69 Å². The van der Waals surface area contributed by atoms with Crippen molar-refractivity contribution < 1.29 is 9.59 Å². The second kappa shape index (κ2) is 4.93. The maximum absolute atomic E-state index is 13.0. The van der Waals surface area contributed by atoms with Gasteiger partial charge in [-0.15, -0.1) is 0 Å². The molecular formula is C21H16N2O2. The molecule has 2 amide bonds. The first-order chi connectivity index (χ1) is 12.1. The molecule has 1 N–H and O–H groups in total. The van der Waals surface area contributed by atoms with E-state index in [4.69, 9.17) is 0 Å². The van der Waals surface area contributed by atoms with Gasteiger partial charge in [0.25, 0.3) is 11.8 Å². The second-order valence-corrected chi connectivity index (χ2v) is 6.72. The fraction of sp³-hybridized carbons (Fsp3) is 0.143. The Morgan fingerprint density at radius 2 is 1.32 bits per heavy atom. The van der Waals surface area contributed by atoms with E-state index in [0.717, 1.165) is 34.2 Å². The lowest BCUT2D eigenvalue weighted by Gasteiger charge is -2.28. The van der Waals surface area contributed by atoms with E-state index in [-0.39, 0.29) is 11.8 Å². The fourth-order valence-electron chi connectivity index (χ4n) is 3.88. The van der Waals surface area contributed by atoms with Crippen molar-refractivity contribution in [2.75, 3.05) is 5.43 Å². The number of hydrogen-bond donors (Lipinski definition) is 1. The number of hydrogen-bond acceptors (Lipinski definition) is 3. The number of carbonyl (C=O) groups excluding carboxylic acids is 2. The molecule has 4 heteroatoms. The quantitative estimate of drug-likeness (QED) is 0.727. The van der Waals surface area contributed by atoms with E-state index >= 15 is 0 Å². The molecule has 0 aromatic heterocycles. The van der Waals surface area contributed by atoms with Crippen LogP contribution in [-0.4, -0.2) is 16.8 Å². The number of amides is 2. The maximum atomic E-state index is 13.0. The molecule has 1 heterocycles. The van der Waals surface area contributed by atoms with Gasteiger partial charge in [-0.1, -0.05) is 29.8 Å². The number of hydrazine groups is 1. The van der Waals surface area contributed by atoms with Crippen molar-refractivity contribution in [3.63, 3.8) is 0 Å². The van der Waals surface area contributed by atoms with Gasteiger partial charge in [-0.05, 0) is 60.5 Å². The third-order valence-electron chi connectivity index (χ3n) is 5.16. The summed E-state index contributed by atoms with van der Waals surface area (Å²) in [4.78, 5) is 25.9. The molecule has 1 aliphatic carbocycles. The van der Waals surface area contributed by atoms with Crippen LogP contribution in [0, 0.1) is 6.92 Å². The zero-order valence-electron chi connectivity index (χ0n) is 13.8. The van der Waals surface area contributed by atoms with Crippen LogP contribution in [0.5, 0.6) is 0 Å². The summed E-state index contributed by atoms with van der Waals surface area (Å²) in [6, 6.07) is 15.4. The number of aryl methyl sites for hydroxylation is 3. The van der Waals surface area contributed by atoms with Gasteiger partial charge in [0.15, 0.2) is 0 Å². The summed E-state index contributed by atoms with van der Waals surface area (Å²) >= 11 is 0. The molecule has 122 valence electrons. The zero-order chi connectivity index (χ0) is 17.1. The highest BCUT2D eigenvalue weighted by atomic mass is 16.2. The van der Waals surface area contributed by atoms with E-state index in [0.29, 0.717) is 16.8 Å². The summed E-state index contributed by atoms with van der Waals surface area (Å²) < 4.78 is 0. The molecule has 0 saturated carbocycles. The first-order valence-corrected chi connectivity index (χ1v) is 8.43. The Morgan fingerprint density at radius 3 is 1.88 bits per heavy atom.